The Hall–Kier alpha value is 0.1000. The summed E-state index contributed by atoms with van der Waals surface area (Å²) >= 11 is 5.27. The largest absolute Gasteiger partial charge is 0.396 e. The Morgan fingerprint density at radius 3 is 2.69 bits per heavy atom. The minimum absolute atomic E-state index is 0.326. The van der Waals surface area contributed by atoms with Crippen LogP contribution in [-0.2, 0) is 0 Å². The Kier molecular flexibility index (Phi) is 7.28. The molecule has 0 spiro atoms. The van der Waals surface area contributed by atoms with Crippen LogP contribution in [0.2, 0.25) is 0 Å². The van der Waals surface area contributed by atoms with Gasteiger partial charge in [0, 0.05) is 17.5 Å². The number of unbranched alkanes of at least 4 members (excludes halogenated alkanes) is 3. The highest BCUT2D eigenvalue weighted by atomic mass is 79.9. The highest BCUT2D eigenvalue weighted by Crippen LogP contribution is 2.26. The van der Waals surface area contributed by atoms with Crippen LogP contribution in [-0.4, -0.2) is 18.3 Å². The Labute approximate surface area is 110 Å². The lowest BCUT2D eigenvalue weighted by Crippen LogP contribution is -2.18. The van der Waals surface area contributed by atoms with Crippen LogP contribution < -0.4 is 5.32 Å². The summed E-state index contributed by atoms with van der Waals surface area (Å²) < 4.78 is 1.19. The molecule has 1 atom stereocenters. The summed E-state index contributed by atoms with van der Waals surface area (Å²) in [5.74, 6) is 0. The third-order valence-electron chi connectivity index (χ3n) is 2.56. The monoisotopic (exact) mass is 305 g/mol. The van der Waals surface area contributed by atoms with Gasteiger partial charge in [-0.15, -0.1) is 11.3 Å². The fourth-order valence-electron chi connectivity index (χ4n) is 1.57. The lowest BCUT2D eigenvalue weighted by molar-refractivity contribution is 0.282. The maximum atomic E-state index is 8.64. The van der Waals surface area contributed by atoms with Crippen LogP contribution in [0.4, 0.5) is 0 Å². The zero-order valence-electron chi connectivity index (χ0n) is 9.71. The first-order chi connectivity index (χ1) is 7.74. The van der Waals surface area contributed by atoms with Crippen molar-refractivity contribution in [2.75, 3.05) is 13.2 Å². The van der Waals surface area contributed by atoms with Gasteiger partial charge in [-0.05, 0) is 54.4 Å². The standard InChI is InChI=1S/C12H20BrNOS/c1-10(11-6-7-12(13)16-11)14-8-4-2-3-5-9-15/h6-7,10,14-15H,2-5,8-9H2,1H3. The Bertz CT molecular complexity index is 290. The molecule has 4 heteroatoms. The van der Waals surface area contributed by atoms with Crippen molar-refractivity contribution in [2.45, 2.75) is 38.6 Å². The van der Waals surface area contributed by atoms with Crippen molar-refractivity contribution in [1.82, 2.24) is 5.32 Å². The summed E-state index contributed by atoms with van der Waals surface area (Å²) in [7, 11) is 0. The van der Waals surface area contributed by atoms with Gasteiger partial charge in [0.1, 0.15) is 0 Å². The van der Waals surface area contributed by atoms with Crippen LogP contribution in [0.1, 0.15) is 43.5 Å². The second-order valence-electron chi connectivity index (χ2n) is 3.96. The van der Waals surface area contributed by atoms with Gasteiger partial charge in [-0.3, -0.25) is 0 Å². The minimum Gasteiger partial charge on any atom is -0.396 e. The number of aliphatic hydroxyl groups excluding tert-OH is 1. The molecule has 0 bridgehead atoms. The number of hydrogen-bond donors (Lipinski definition) is 2. The fourth-order valence-corrected chi connectivity index (χ4v) is 3.02. The molecule has 0 aliphatic carbocycles. The fraction of sp³-hybridized carbons (Fsp3) is 0.667. The van der Waals surface area contributed by atoms with Crippen molar-refractivity contribution in [3.8, 4) is 0 Å². The molecule has 1 aromatic heterocycles. The molecule has 2 nitrogen and oxygen atoms in total. The summed E-state index contributed by atoms with van der Waals surface area (Å²) in [6.45, 7) is 3.58. The van der Waals surface area contributed by atoms with E-state index in [1.165, 1.54) is 21.5 Å². The second-order valence-corrected chi connectivity index (χ2v) is 6.45. The minimum atomic E-state index is 0.326. The van der Waals surface area contributed by atoms with Gasteiger partial charge in [-0.25, -0.2) is 0 Å². The van der Waals surface area contributed by atoms with Crippen molar-refractivity contribution < 1.29 is 5.11 Å². The third-order valence-corrected chi connectivity index (χ3v) is 4.36. The molecular formula is C12H20BrNOS. The summed E-state index contributed by atoms with van der Waals surface area (Å²) in [5, 5.41) is 12.2. The Balaban J connectivity index is 2.09. The summed E-state index contributed by atoms with van der Waals surface area (Å²) in [4.78, 5) is 1.38. The van der Waals surface area contributed by atoms with E-state index in [0.717, 1.165) is 19.4 Å². The van der Waals surface area contributed by atoms with Crippen molar-refractivity contribution in [1.29, 1.82) is 0 Å². The molecule has 1 heterocycles. The van der Waals surface area contributed by atoms with E-state index < -0.39 is 0 Å². The lowest BCUT2D eigenvalue weighted by atomic mass is 10.2. The molecule has 0 radical (unpaired) electrons. The van der Waals surface area contributed by atoms with E-state index in [0.29, 0.717) is 12.6 Å². The molecule has 2 N–H and O–H groups in total. The lowest BCUT2D eigenvalue weighted by Gasteiger charge is -2.11. The first-order valence-electron chi connectivity index (χ1n) is 5.83. The highest BCUT2D eigenvalue weighted by Gasteiger charge is 2.06. The van der Waals surface area contributed by atoms with Crippen molar-refractivity contribution >= 4 is 27.3 Å². The van der Waals surface area contributed by atoms with E-state index in [1.807, 2.05) is 0 Å². The molecule has 0 aliphatic rings. The van der Waals surface area contributed by atoms with Gasteiger partial charge < -0.3 is 10.4 Å². The van der Waals surface area contributed by atoms with Crippen LogP contribution in [0.15, 0.2) is 15.9 Å². The maximum Gasteiger partial charge on any atom is 0.0701 e. The van der Waals surface area contributed by atoms with E-state index in [-0.39, 0.29) is 0 Å². The number of nitrogens with one attached hydrogen (secondary N) is 1. The highest BCUT2D eigenvalue weighted by molar-refractivity contribution is 9.11. The van der Waals surface area contributed by atoms with Gasteiger partial charge in [0.05, 0.1) is 3.79 Å². The molecule has 0 fully saturated rings. The third kappa shape index (κ3) is 5.43. The quantitative estimate of drug-likeness (QED) is 0.718. The van der Waals surface area contributed by atoms with E-state index in [4.69, 9.17) is 5.11 Å². The predicted octanol–water partition coefficient (Wildman–Crippen LogP) is 3.71. The van der Waals surface area contributed by atoms with Crippen molar-refractivity contribution in [3.63, 3.8) is 0 Å². The SMILES string of the molecule is CC(NCCCCCCO)c1ccc(Br)s1. The smallest absolute Gasteiger partial charge is 0.0701 e. The topological polar surface area (TPSA) is 32.3 Å². The molecule has 92 valence electrons. The molecule has 0 saturated carbocycles. The Morgan fingerprint density at radius 2 is 2.06 bits per heavy atom. The van der Waals surface area contributed by atoms with Gasteiger partial charge >= 0.3 is 0 Å². The number of halogens is 1. The Morgan fingerprint density at radius 1 is 1.31 bits per heavy atom. The summed E-state index contributed by atoms with van der Waals surface area (Å²) in [5.41, 5.74) is 0. The van der Waals surface area contributed by atoms with E-state index >= 15 is 0 Å². The van der Waals surface area contributed by atoms with E-state index in [1.54, 1.807) is 11.3 Å². The van der Waals surface area contributed by atoms with Gasteiger partial charge in [-0.1, -0.05) is 12.8 Å². The zero-order chi connectivity index (χ0) is 11.8. The summed E-state index contributed by atoms with van der Waals surface area (Å²) in [6, 6.07) is 4.70. The normalized spacial score (nSPS) is 12.9. The average molecular weight is 306 g/mol. The van der Waals surface area contributed by atoms with Crippen LogP contribution >= 0.6 is 27.3 Å². The zero-order valence-corrected chi connectivity index (χ0v) is 12.1. The van der Waals surface area contributed by atoms with Crippen LogP contribution in [0, 0.1) is 0 Å². The molecule has 0 aliphatic heterocycles. The van der Waals surface area contributed by atoms with Crippen LogP contribution in [0.25, 0.3) is 0 Å². The molecule has 1 unspecified atom stereocenters. The first-order valence-corrected chi connectivity index (χ1v) is 7.44. The number of rotatable bonds is 8. The molecule has 0 amide bonds. The van der Waals surface area contributed by atoms with E-state index in [9.17, 15) is 0 Å². The van der Waals surface area contributed by atoms with Crippen LogP contribution in [0.5, 0.6) is 0 Å². The second kappa shape index (κ2) is 8.23. The number of aliphatic hydroxyl groups is 1. The van der Waals surface area contributed by atoms with Gasteiger partial charge in [0.25, 0.3) is 0 Å². The van der Waals surface area contributed by atoms with Gasteiger partial charge in [0.15, 0.2) is 0 Å². The predicted molar refractivity (Wildman–Crippen MR) is 74.0 cm³/mol. The van der Waals surface area contributed by atoms with Gasteiger partial charge in [0.2, 0.25) is 0 Å². The van der Waals surface area contributed by atoms with Crippen LogP contribution in [0.3, 0.4) is 0 Å². The average Bonchev–Trinajstić information content (AvgIpc) is 2.70. The molecule has 16 heavy (non-hydrogen) atoms. The molecule has 0 saturated heterocycles. The van der Waals surface area contributed by atoms with Crippen molar-refractivity contribution in [2.24, 2.45) is 0 Å². The molecule has 0 aromatic carbocycles. The number of thiophene rings is 1. The maximum absolute atomic E-state index is 8.64. The first kappa shape index (κ1) is 14.2. The summed E-state index contributed by atoms with van der Waals surface area (Å²) in [6.07, 6.45) is 4.47. The molecular weight excluding hydrogens is 286 g/mol. The number of hydrogen-bond acceptors (Lipinski definition) is 3. The molecule has 1 rings (SSSR count). The van der Waals surface area contributed by atoms with E-state index in [2.05, 4.69) is 40.3 Å². The van der Waals surface area contributed by atoms with Crippen molar-refractivity contribution in [3.05, 3.63) is 20.8 Å². The van der Waals surface area contributed by atoms with Gasteiger partial charge in [-0.2, -0.15) is 0 Å². The molecule has 1 aromatic rings.